The number of aromatic nitrogens is 3. The third-order valence-electron chi connectivity index (χ3n) is 6.66. The van der Waals surface area contributed by atoms with Crippen LogP contribution in [0, 0.1) is 6.92 Å². The highest BCUT2D eigenvalue weighted by molar-refractivity contribution is 6.07. The monoisotopic (exact) mass is 588 g/mol. The first-order valence-corrected chi connectivity index (χ1v) is 13.8. The molecule has 5 rings (SSSR count). The van der Waals surface area contributed by atoms with Crippen LogP contribution in [0.4, 0.5) is 23.0 Å². The largest absolute Gasteiger partial charge is 0.366 e. The van der Waals surface area contributed by atoms with Gasteiger partial charge in [0, 0.05) is 58.6 Å². The van der Waals surface area contributed by atoms with E-state index in [4.69, 9.17) is 10.7 Å². The summed E-state index contributed by atoms with van der Waals surface area (Å²) in [7, 11) is 3.83. The summed E-state index contributed by atoms with van der Waals surface area (Å²) < 4.78 is 1.82. The Morgan fingerprint density at radius 1 is 0.932 bits per heavy atom. The van der Waals surface area contributed by atoms with E-state index in [1.165, 1.54) is 6.08 Å². The molecule has 0 saturated carbocycles. The van der Waals surface area contributed by atoms with E-state index in [0.717, 1.165) is 16.5 Å². The number of amides is 3. The van der Waals surface area contributed by atoms with Crippen molar-refractivity contribution in [3.63, 3.8) is 0 Å². The second kappa shape index (κ2) is 13.0. The maximum atomic E-state index is 13.0. The van der Waals surface area contributed by atoms with Crippen LogP contribution in [0.3, 0.4) is 0 Å². The Morgan fingerprint density at radius 3 is 2.43 bits per heavy atom. The molecule has 0 spiro atoms. The number of carbonyl (C=O) groups is 3. The third-order valence-corrected chi connectivity index (χ3v) is 6.66. The van der Waals surface area contributed by atoms with E-state index in [9.17, 15) is 14.4 Å². The summed E-state index contributed by atoms with van der Waals surface area (Å²) in [4.78, 5) is 48.4. The van der Waals surface area contributed by atoms with Crippen LogP contribution in [0.2, 0.25) is 0 Å². The topological polar surface area (TPSA) is 147 Å². The lowest BCUT2D eigenvalue weighted by molar-refractivity contribution is -0.111. The Bertz CT molecular complexity index is 1890. The molecule has 2 heterocycles. The molecule has 0 saturated heterocycles. The number of nitrogens with zero attached hydrogens (tertiary/aromatic N) is 4. The molecule has 222 valence electrons. The van der Waals surface area contributed by atoms with Crippen LogP contribution in [-0.2, 0) is 4.79 Å². The number of carbonyl (C=O) groups excluding carboxylic acids is 3. The Hall–Kier alpha value is -5.81. The number of hydrogen-bond acceptors (Lipinski definition) is 7. The van der Waals surface area contributed by atoms with Gasteiger partial charge in [0.15, 0.2) is 0 Å². The number of hydrogen-bond donors (Lipinski definition) is 4. The number of fused-ring (bicyclic) bond motifs is 1. The standard InChI is InChI=1S/C33H32N8O3/c1-21-19-35-33(39-31(21)41-20-27(30(34)43)26-13-4-5-14-28(26)41)38-25-12-7-11-24(18-25)37-32(44)22-9-6-10-23(17-22)36-29(42)15-8-16-40(2)3/h4-15,17-20H,16H2,1-3H3,(H2,34,43)(H,36,42)(H,37,44)(H,35,38,39)/b15-8+. The number of primary amides is 1. The van der Waals surface area contributed by atoms with Crippen molar-refractivity contribution in [2.75, 3.05) is 36.6 Å². The zero-order valence-corrected chi connectivity index (χ0v) is 24.5. The lowest BCUT2D eigenvalue weighted by Gasteiger charge is -2.12. The molecule has 0 atom stereocenters. The lowest BCUT2D eigenvalue weighted by atomic mass is 10.1. The van der Waals surface area contributed by atoms with Gasteiger partial charge in [-0.3, -0.25) is 14.4 Å². The molecule has 5 N–H and O–H groups in total. The SMILES string of the molecule is Cc1cnc(Nc2cccc(NC(=O)c3cccc(NC(=O)/C=C/CN(C)C)c3)c2)nc1-n1cc(C(N)=O)c2ccccc21. The molecule has 3 amide bonds. The number of likely N-dealkylation sites (N-methyl/N-ethyl adjacent to an activating group) is 1. The van der Waals surface area contributed by atoms with Crippen LogP contribution >= 0.6 is 0 Å². The van der Waals surface area contributed by atoms with Gasteiger partial charge in [-0.2, -0.15) is 4.98 Å². The molecule has 44 heavy (non-hydrogen) atoms. The number of benzene rings is 3. The number of nitrogens with two attached hydrogens (primary N) is 1. The molecule has 3 aromatic carbocycles. The highest BCUT2D eigenvalue weighted by Crippen LogP contribution is 2.27. The second-order valence-corrected chi connectivity index (χ2v) is 10.4. The fourth-order valence-corrected chi connectivity index (χ4v) is 4.59. The van der Waals surface area contributed by atoms with Gasteiger partial charge in [-0.25, -0.2) is 4.98 Å². The molecule has 0 radical (unpaired) electrons. The number of aryl methyl sites for hydroxylation is 1. The molecule has 0 aliphatic carbocycles. The highest BCUT2D eigenvalue weighted by Gasteiger charge is 2.16. The van der Waals surface area contributed by atoms with Gasteiger partial charge in [0.1, 0.15) is 5.82 Å². The Kier molecular flexibility index (Phi) is 8.77. The van der Waals surface area contributed by atoms with E-state index >= 15 is 0 Å². The van der Waals surface area contributed by atoms with Crippen molar-refractivity contribution >= 4 is 51.6 Å². The van der Waals surface area contributed by atoms with Gasteiger partial charge in [-0.1, -0.05) is 36.4 Å². The van der Waals surface area contributed by atoms with Crippen LogP contribution < -0.4 is 21.7 Å². The van der Waals surface area contributed by atoms with Gasteiger partial charge in [-0.05, 0) is 63.5 Å². The molecular formula is C33H32N8O3. The van der Waals surface area contributed by atoms with E-state index in [-0.39, 0.29) is 11.8 Å². The Balaban J connectivity index is 1.31. The van der Waals surface area contributed by atoms with Gasteiger partial charge in [0.05, 0.1) is 11.1 Å². The summed E-state index contributed by atoms with van der Waals surface area (Å²) >= 11 is 0. The second-order valence-electron chi connectivity index (χ2n) is 10.4. The molecule has 0 unspecified atom stereocenters. The number of nitrogens with one attached hydrogen (secondary N) is 3. The fourth-order valence-electron chi connectivity index (χ4n) is 4.59. The summed E-state index contributed by atoms with van der Waals surface area (Å²) in [5, 5.41) is 9.59. The zero-order chi connectivity index (χ0) is 31.2. The lowest BCUT2D eigenvalue weighted by Crippen LogP contribution is -2.14. The number of rotatable bonds is 10. The molecule has 11 nitrogen and oxygen atoms in total. The molecule has 5 aromatic rings. The van der Waals surface area contributed by atoms with Gasteiger partial charge in [0.2, 0.25) is 11.9 Å². The van der Waals surface area contributed by atoms with E-state index < -0.39 is 5.91 Å². The summed E-state index contributed by atoms with van der Waals surface area (Å²) in [5.41, 5.74) is 9.73. The van der Waals surface area contributed by atoms with Gasteiger partial charge >= 0.3 is 0 Å². The van der Waals surface area contributed by atoms with Crippen molar-refractivity contribution in [2.45, 2.75) is 6.92 Å². The highest BCUT2D eigenvalue weighted by atomic mass is 16.2. The smallest absolute Gasteiger partial charge is 0.255 e. The van der Waals surface area contributed by atoms with E-state index in [0.29, 0.717) is 46.5 Å². The van der Waals surface area contributed by atoms with Crippen LogP contribution in [0.5, 0.6) is 0 Å². The minimum Gasteiger partial charge on any atom is -0.366 e. The summed E-state index contributed by atoms with van der Waals surface area (Å²) in [6.45, 7) is 2.53. The molecule has 0 aliphatic heterocycles. The number of anilines is 4. The molecular weight excluding hydrogens is 556 g/mol. The summed E-state index contributed by atoms with van der Waals surface area (Å²) in [6.07, 6.45) is 6.60. The molecule has 11 heteroatoms. The minimum absolute atomic E-state index is 0.275. The zero-order valence-electron chi connectivity index (χ0n) is 24.5. The fraction of sp³-hybridized carbons (Fsp3) is 0.121. The molecule has 0 aliphatic rings. The van der Waals surface area contributed by atoms with E-state index in [1.54, 1.807) is 60.9 Å². The van der Waals surface area contributed by atoms with E-state index in [2.05, 4.69) is 20.9 Å². The predicted molar refractivity (Wildman–Crippen MR) is 173 cm³/mol. The Morgan fingerprint density at radius 2 is 1.66 bits per heavy atom. The van der Waals surface area contributed by atoms with Crippen molar-refractivity contribution < 1.29 is 14.4 Å². The maximum absolute atomic E-state index is 13.0. The minimum atomic E-state index is -0.520. The first kappa shape index (κ1) is 29.7. The summed E-state index contributed by atoms with van der Waals surface area (Å²) in [5.74, 6) is -0.206. The normalized spacial score (nSPS) is 11.2. The molecule has 0 fully saturated rings. The van der Waals surface area contributed by atoms with Crippen LogP contribution in [0.25, 0.3) is 16.7 Å². The van der Waals surface area contributed by atoms with Gasteiger partial charge < -0.3 is 31.2 Å². The maximum Gasteiger partial charge on any atom is 0.255 e. The third kappa shape index (κ3) is 6.97. The van der Waals surface area contributed by atoms with Crippen molar-refractivity contribution in [2.24, 2.45) is 5.73 Å². The van der Waals surface area contributed by atoms with Crippen molar-refractivity contribution in [1.82, 2.24) is 19.4 Å². The van der Waals surface area contributed by atoms with E-state index in [1.807, 2.05) is 60.8 Å². The van der Waals surface area contributed by atoms with Crippen molar-refractivity contribution in [1.29, 1.82) is 0 Å². The van der Waals surface area contributed by atoms with Crippen LogP contribution in [0.15, 0.2) is 97.3 Å². The summed E-state index contributed by atoms with van der Waals surface area (Å²) in [6, 6.07) is 21.4. The van der Waals surface area contributed by atoms with Crippen LogP contribution in [0.1, 0.15) is 26.3 Å². The average molecular weight is 589 g/mol. The van der Waals surface area contributed by atoms with Crippen molar-refractivity contribution in [3.05, 3.63) is 114 Å². The average Bonchev–Trinajstić information content (AvgIpc) is 3.38. The van der Waals surface area contributed by atoms with Gasteiger partial charge in [0.25, 0.3) is 11.8 Å². The molecule has 2 aromatic heterocycles. The predicted octanol–water partition coefficient (Wildman–Crippen LogP) is 4.88. The molecule has 0 bridgehead atoms. The van der Waals surface area contributed by atoms with Gasteiger partial charge in [-0.15, -0.1) is 0 Å². The Labute approximate surface area is 254 Å². The van der Waals surface area contributed by atoms with Crippen molar-refractivity contribution in [3.8, 4) is 5.82 Å². The van der Waals surface area contributed by atoms with Crippen LogP contribution in [-0.4, -0.2) is 57.8 Å². The number of para-hydroxylation sites is 1. The first-order valence-electron chi connectivity index (χ1n) is 13.8. The first-order chi connectivity index (χ1) is 21.2. The quantitative estimate of drug-likeness (QED) is 0.170.